The first-order valence-corrected chi connectivity index (χ1v) is 10.7. The molecule has 2 aromatic carbocycles. The number of hydrogen-bond donors (Lipinski definition) is 1. The third-order valence-corrected chi connectivity index (χ3v) is 6.37. The molecule has 0 bridgehead atoms. The molecule has 0 unspecified atom stereocenters. The lowest BCUT2D eigenvalue weighted by Crippen LogP contribution is -2.13. The summed E-state index contributed by atoms with van der Waals surface area (Å²) in [6.45, 7) is 1.05. The molecular weight excluding hydrogens is 378 g/mol. The fraction of sp³-hybridized carbons (Fsp3) is 0.250. The maximum absolute atomic E-state index is 12.9. The second-order valence-electron chi connectivity index (χ2n) is 6.86. The van der Waals surface area contributed by atoms with Gasteiger partial charge in [0.2, 0.25) is 6.79 Å². The number of hydrogen-bond acceptors (Lipinski definition) is 5. The molecule has 2 aliphatic rings. The number of sulfonamides is 1. The average Bonchev–Trinajstić information content (AvgIpc) is 3.34. The molecule has 5 rings (SSSR count). The highest BCUT2D eigenvalue weighted by atomic mass is 32.2. The molecule has 7 nitrogen and oxygen atoms in total. The Kier molecular flexibility index (Phi) is 4.01. The highest BCUT2D eigenvalue weighted by Gasteiger charge is 2.22. The van der Waals surface area contributed by atoms with Crippen LogP contribution in [0, 0.1) is 0 Å². The van der Waals surface area contributed by atoms with Crippen LogP contribution in [-0.2, 0) is 23.0 Å². The van der Waals surface area contributed by atoms with E-state index >= 15 is 0 Å². The minimum absolute atomic E-state index is 0.0973. The summed E-state index contributed by atoms with van der Waals surface area (Å²) in [7, 11) is -3.79. The van der Waals surface area contributed by atoms with E-state index in [9.17, 15) is 8.42 Å². The molecule has 0 amide bonds. The van der Waals surface area contributed by atoms with Crippen molar-refractivity contribution in [2.75, 3.05) is 11.5 Å². The molecule has 28 heavy (non-hydrogen) atoms. The van der Waals surface area contributed by atoms with E-state index in [-0.39, 0.29) is 11.7 Å². The third-order valence-electron chi connectivity index (χ3n) is 5.01. The zero-order valence-electron chi connectivity index (χ0n) is 15.1. The zero-order valence-corrected chi connectivity index (χ0v) is 15.9. The number of aromatic nitrogens is 2. The number of fused-ring (bicyclic) bond motifs is 2. The fourth-order valence-electron chi connectivity index (χ4n) is 3.59. The highest BCUT2D eigenvalue weighted by Crippen LogP contribution is 2.35. The SMILES string of the molecule is O=S(=O)(Nc1ccccc1-c1cn2c(n1)CCCC2)c1ccc2c(c1)OCO2. The lowest BCUT2D eigenvalue weighted by Gasteiger charge is -2.12. The summed E-state index contributed by atoms with van der Waals surface area (Å²) in [4.78, 5) is 4.84. The predicted octanol–water partition coefficient (Wildman–Crippen LogP) is 3.42. The van der Waals surface area contributed by atoms with Gasteiger partial charge in [-0.15, -0.1) is 0 Å². The molecule has 0 fully saturated rings. The minimum Gasteiger partial charge on any atom is -0.454 e. The summed E-state index contributed by atoms with van der Waals surface area (Å²) >= 11 is 0. The molecule has 1 aromatic heterocycles. The van der Waals surface area contributed by atoms with Gasteiger partial charge in [-0.1, -0.05) is 18.2 Å². The van der Waals surface area contributed by atoms with Crippen LogP contribution in [0.2, 0.25) is 0 Å². The molecule has 0 atom stereocenters. The quantitative estimate of drug-likeness (QED) is 0.729. The smallest absolute Gasteiger partial charge is 0.262 e. The van der Waals surface area contributed by atoms with Gasteiger partial charge in [-0.2, -0.15) is 0 Å². The lowest BCUT2D eigenvalue weighted by molar-refractivity contribution is 0.174. The first-order valence-electron chi connectivity index (χ1n) is 9.18. The fourth-order valence-corrected chi connectivity index (χ4v) is 4.68. The normalized spacial score (nSPS) is 15.3. The van der Waals surface area contributed by atoms with Gasteiger partial charge in [0.25, 0.3) is 10.0 Å². The number of rotatable bonds is 4. The van der Waals surface area contributed by atoms with Gasteiger partial charge >= 0.3 is 0 Å². The minimum atomic E-state index is -3.79. The van der Waals surface area contributed by atoms with Crippen molar-refractivity contribution in [2.24, 2.45) is 0 Å². The number of aryl methyl sites for hydroxylation is 2. The van der Waals surface area contributed by atoms with Gasteiger partial charge in [-0.05, 0) is 31.0 Å². The van der Waals surface area contributed by atoms with Crippen molar-refractivity contribution < 1.29 is 17.9 Å². The molecule has 0 spiro atoms. The van der Waals surface area contributed by atoms with Crippen LogP contribution in [0.4, 0.5) is 5.69 Å². The van der Waals surface area contributed by atoms with Gasteiger partial charge in [-0.25, -0.2) is 13.4 Å². The summed E-state index contributed by atoms with van der Waals surface area (Å²) in [6, 6.07) is 11.9. The summed E-state index contributed by atoms with van der Waals surface area (Å²) < 4.78 is 41.3. The molecule has 0 saturated carbocycles. The second kappa shape index (κ2) is 6.56. The first kappa shape index (κ1) is 17.1. The Balaban J connectivity index is 1.50. The monoisotopic (exact) mass is 397 g/mol. The van der Waals surface area contributed by atoms with Crippen molar-refractivity contribution >= 4 is 15.7 Å². The van der Waals surface area contributed by atoms with E-state index in [4.69, 9.17) is 14.5 Å². The number of anilines is 1. The molecule has 144 valence electrons. The highest BCUT2D eigenvalue weighted by molar-refractivity contribution is 7.92. The van der Waals surface area contributed by atoms with E-state index in [1.807, 2.05) is 18.3 Å². The van der Waals surface area contributed by atoms with Gasteiger partial charge in [-0.3, -0.25) is 4.72 Å². The Hall–Kier alpha value is -3.00. The van der Waals surface area contributed by atoms with Crippen LogP contribution in [0.5, 0.6) is 11.5 Å². The van der Waals surface area contributed by atoms with Crippen molar-refractivity contribution in [2.45, 2.75) is 30.7 Å². The number of para-hydroxylation sites is 1. The molecule has 2 aliphatic heterocycles. The van der Waals surface area contributed by atoms with Crippen molar-refractivity contribution in [3.8, 4) is 22.8 Å². The van der Waals surface area contributed by atoms with E-state index in [1.54, 1.807) is 18.2 Å². The van der Waals surface area contributed by atoms with Crippen molar-refractivity contribution in [1.29, 1.82) is 0 Å². The Morgan fingerprint density at radius 3 is 2.79 bits per heavy atom. The van der Waals surface area contributed by atoms with E-state index in [2.05, 4.69) is 9.29 Å². The number of nitrogens with zero attached hydrogens (tertiary/aromatic N) is 2. The van der Waals surface area contributed by atoms with E-state index in [0.717, 1.165) is 42.9 Å². The summed E-state index contributed by atoms with van der Waals surface area (Å²) in [5.41, 5.74) is 2.03. The van der Waals surface area contributed by atoms with Crippen LogP contribution in [0.15, 0.2) is 53.6 Å². The van der Waals surface area contributed by atoms with Gasteiger partial charge in [0.05, 0.1) is 16.3 Å². The molecular formula is C20H19N3O4S. The molecule has 0 radical (unpaired) electrons. The van der Waals surface area contributed by atoms with E-state index < -0.39 is 10.0 Å². The Morgan fingerprint density at radius 2 is 1.89 bits per heavy atom. The van der Waals surface area contributed by atoms with Gasteiger partial charge < -0.3 is 14.0 Å². The van der Waals surface area contributed by atoms with Crippen LogP contribution in [-0.4, -0.2) is 24.8 Å². The molecule has 0 aliphatic carbocycles. The molecule has 3 aromatic rings. The summed E-state index contributed by atoms with van der Waals surface area (Å²) in [6.07, 6.45) is 5.23. The van der Waals surface area contributed by atoms with Gasteiger partial charge in [0.1, 0.15) is 5.82 Å². The van der Waals surface area contributed by atoms with Crippen LogP contribution in [0.25, 0.3) is 11.3 Å². The van der Waals surface area contributed by atoms with Gasteiger partial charge in [0.15, 0.2) is 11.5 Å². The zero-order chi connectivity index (χ0) is 19.1. The lowest BCUT2D eigenvalue weighted by atomic mass is 10.1. The second-order valence-corrected chi connectivity index (χ2v) is 8.54. The van der Waals surface area contributed by atoms with Crippen molar-refractivity contribution in [3.63, 3.8) is 0 Å². The number of nitrogens with one attached hydrogen (secondary N) is 1. The third kappa shape index (κ3) is 2.99. The first-order chi connectivity index (χ1) is 13.6. The van der Waals surface area contributed by atoms with Crippen LogP contribution in [0.1, 0.15) is 18.7 Å². The van der Waals surface area contributed by atoms with E-state index in [0.29, 0.717) is 17.2 Å². The largest absolute Gasteiger partial charge is 0.454 e. The number of imidazole rings is 1. The maximum atomic E-state index is 12.9. The van der Waals surface area contributed by atoms with Crippen molar-refractivity contribution in [3.05, 3.63) is 54.5 Å². The Labute approximate surface area is 163 Å². The number of ether oxygens (including phenoxy) is 2. The average molecular weight is 397 g/mol. The van der Waals surface area contributed by atoms with E-state index in [1.165, 1.54) is 12.1 Å². The maximum Gasteiger partial charge on any atom is 0.262 e. The summed E-state index contributed by atoms with van der Waals surface area (Å²) in [5.74, 6) is 2.02. The topological polar surface area (TPSA) is 82.5 Å². The van der Waals surface area contributed by atoms with Crippen molar-refractivity contribution in [1.82, 2.24) is 9.55 Å². The number of benzene rings is 2. The van der Waals surface area contributed by atoms with Gasteiger partial charge in [0, 0.05) is 30.8 Å². The molecule has 0 saturated heterocycles. The van der Waals surface area contributed by atoms with Crippen LogP contribution >= 0.6 is 0 Å². The Bertz CT molecular complexity index is 1130. The van der Waals surface area contributed by atoms with Crippen LogP contribution in [0.3, 0.4) is 0 Å². The summed E-state index contributed by atoms with van der Waals surface area (Å²) in [5, 5.41) is 0. The molecule has 3 heterocycles. The molecule has 1 N–H and O–H groups in total. The Morgan fingerprint density at radius 1 is 1.04 bits per heavy atom. The molecule has 8 heteroatoms. The standard InChI is InChI=1S/C20H19N3O4S/c24-28(25,14-8-9-18-19(11-14)27-13-26-18)22-16-6-2-1-5-15(16)17-12-23-10-4-3-7-20(23)21-17/h1-2,5-6,8-9,11-12,22H,3-4,7,10,13H2. The predicted molar refractivity (Wildman–Crippen MR) is 104 cm³/mol. The van der Waals surface area contributed by atoms with Crippen LogP contribution < -0.4 is 14.2 Å².